The first-order chi connectivity index (χ1) is 10.0. The van der Waals surface area contributed by atoms with Crippen LogP contribution in [0.1, 0.15) is 15.9 Å². The average Bonchev–Trinajstić information content (AvgIpc) is 2.47. The number of nitrogens with one attached hydrogen (secondary N) is 1. The first kappa shape index (κ1) is 15.8. The summed E-state index contributed by atoms with van der Waals surface area (Å²) in [7, 11) is 0. The maximum absolute atomic E-state index is 13.6. The van der Waals surface area contributed by atoms with E-state index in [1.54, 1.807) is 24.3 Å². The van der Waals surface area contributed by atoms with Crippen LogP contribution >= 0.6 is 27.5 Å². The third kappa shape index (κ3) is 3.72. The number of hydrogen-bond acceptors (Lipinski definition) is 3. The van der Waals surface area contributed by atoms with Crippen LogP contribution in [0.25, 0.3) is 0 Å². The van der Waals surface area contributed by atoms with Crippen molar-refractivity contribution in [2.45, 2.75) is 6.61 Å². The average molecular weight is 374 g/mol. The fourth-order valence-electron chi connectivity index (χ4n) is 1.66. The molecule has 110 valence electrons. The SMILES string of the molecule is NNC(=O)c1ccc(COc2c(F)cccc2Cl)c(Br)c1. The Morgan fingerprint density at radius 2 is 2.14 bits per heavy atom. The minimum absolute atomic E-state index is 0.00477. The van der Waals surface area contributed by atoms with Crippen LogP contribution in [-0.2, 0) is 6.61 Å². The number of hydrazine groups is 1. The molecule has 21 heavy (non-hydrogen) atoms. The molecule has 7 heteroatoms. The number of ether oxygens (including phenoxy) is 1. The number of carbonyl (C=O) groups is 1. The van der Waals surface area contributed by atoms with E-state index in [4.69, 9.17) is 22.2 Å². The van der Waals surface area contributed by atoms with Crippen molar-refractivity contribution in [3.05, 3.63) is 62.8 Å². The van der Waals surface area contributed by atoms with Crippen molar-refractivity contribution in [1.29, 1.82) is 0 Å². The predicted octanol–water partition coefficient (Wildman–Crippen LogP) is 3.42. The van der Waals surface area contributed by atoms with E-state index in [1.165, 1.54) is 12.1 Å². The van der Waals surface area contributed by atoms with Gasteiger partial charge in [0.15, 0.2) is 11.6 Å². The zero-order valence-corrected chi connectivity index (χ0v) is 13.0. The quantitative estimate of drug-likeness (QED) is 0.490. The molecule has 0 atom stereocenters. The summed E-state index contributed by atoms with van der Waals surface area (Å²) in [6.45, 7) is 0.103. The number of nitrogen functional groups attached to an aromatic ring is 1. The third-order valence-electron chi connectivity index (χ3n) is 2.74. The summed E-state index contributed by atoms with van der Waals surface area (Å²) in [5, 5.41) is 0.199. The van der Waals surface area contributed by atoms with Gasteiger partial charge in [0.25, 0.3) is 5.91 Å². The van der Waals surface area contributed by atoms with Gasteiger partial charge in [-0.05, 0) is 24.3 Å². The van der Waals surface area contributed by atoms with Gasteiger partial charge in [-0.25, -0.2) is 10.2 Å². The van der Waals surface area contributed by atoms with Gasteiger partial charge in [0.05, 0.1) is 5.02 Å². The second kappa shape index (κ2) is 6.89. The molecule has 3 N–H and O–H groups in total. The summed E-state index contributed by atoms with van der Waals surface area (Å²) < 4.78 is 19.6. The fourth-order valence-corrected chi connectivity index (χ4v) is 2.37. The van der Waals surface area contributed by atoms with E-state index in [9.17, 15) is 9.18 Å². The Bertz CT molecular complexity index is 662. The lowest BCUT2D eigenvalue weighted by Gasteiger charge is -2.11. The van der Waals surface area contributed by atoms with Crippen LogP contribution in [0, 0.1) is 5.82 Å². The summed E-state index contributed by atoms with van der Waals surface area (Å²) in [4.78, 5) is 11.4. The summed E-state index contributed by atoms with van der Waals surface area (Å²) in [5.74, 6) is 4.13. The third-order valence-corrected chi connectivity index (χ3v) is 3.77. The number of carbonyl (C=O) groups excluding carboxylic acids is 1. The van der Waals surface area contributed by atoms with Crippen LogP contribution < -0.4 is 16.0 Å². The lowest BCUT2D eigenvalue weighted by molar-refractivity contribution is 0.0953. The van der Waals surface area contributed by atoms with Crippen molar-refractivity contribution in [2.75, 3.05) is 0 Å². The minimum atomic E-state index is -0.530. The van der Waals surface area contributed by atoms with Gasteiger partial charge < -0.3 is 4.74 Å². The molecule has 0 saturated heterocycles. The summed E-state index contributed by atoms with van der Waals surface area (Å²) in [6, 6.07) is 9.19. The number of para-hydroxylation sites is 1. The topological polar surface area (TPSA) is 64.3 Å². The van der Waals surface area contributed by atoms with E-state index in [-0.39, 0.29) is 17.4 Å². The van der Waals surface area contributed by atoms with E-state index in [1.807, 2.05) is 5.43 Å². The number of nitrogens with two attached hydrogens (primary N) is 1. The number of halogens is 3. The van der Waals surface area contributed by atoms with E-state index in [0.717, 1.165) is 5.56 Å². The number of hydrogen-bond donors (Lipinski definition) is 2. The van der Waals surface area contributed by atoms with E-state index in [2.05, 4.69) is 15.9 Å². The maximum atomic E-state index is 13.6. The van der Waals surface area contributed by atoms with E-state index >= 15 is 0 Å². The highest BCUT2D eigenvalue weighted by atomic mass is 79.9. The van der Waals surface area contributed by atoms with Crippen molar-refractivity contribution in [2.24, 2.45) is 5.84 Å². The zero-order valence-electron chi connectivity index (χ0n) is 10.7. The monoisotopic (exact) mass is 372 g/mol. The smallest absolute Gasteiger partial charge is 0.265 e. The highest BCUT2D eigenvalue weighted by Gasteiger charge is 2.11. The normalized spacial score (nSPS) is 10.3. The molecule has 0 unspecified atom stereocenters. The van der Waals surface area contributed by atoms with Gasteiger partial charge >= 0.3 is 0 Å². The zero-order chi connectivity index (χ0) is 15.4. The standard InChI is InChI=1S/C14H11BrClFN2O2/c15-10-6-8(14(20)19-18)4-5-9(10)7-21-13-11(16)2-1-3-12(13)17/h1-6H,7,18H2,(H,19,20). The lowest BCUT2D eigenvalue weighted by Crippen LogP contribution is -2.29. The number of benzene rings is 2. The summed E-state index contributed by atoms with van der Waals surface area (Å²) in [5.41, 5.74) is 3.18. The number of rotatable bonds is 4. The van der Waals surface area contributed by atoms with Crippen molar-refractivity contribution < 1.29 is 13.9 Å². The molecular weight excluding hydrogens is 363 g/mol. The van der Waals surface area contributed by atoms with Gasteiger partial charge in [-0.15, -0.1) is 0 Å². The molecule has 1 amide bonds. The Balaban J connectivity index is 2.16. The van der Waals surface area contributed by atoms with E-state index in [0.29, 0.717) is 10.0 Å². The molecule has 2 aromatic carbocycles. The van der Waals surface area contributed by atoms with Crippen molar-refractivity contribution in [3.8, 4) is 5.75 Å². The molecule has 0 aliphatic rings. The molecule has 0 aliphatic carbocycles. The predicted molar refractivity (Wildman–Crippen MR) is 81.5 cm³/mol. The van der Waals surface area contributed by atoms with Crippen LogP contribution in [0.5, 0.6) is 5.75 Å². The molecule has 0 saturated carbocycles. The molecule has 2 aromatic rings. The highest BCUT2D eigenvalue weighted by Crippen LogP contribution is 2.29. The van der Waals surface area contributed by atoms with Crippen LogP contribution in [0.2, 0.25) is 5.02 Å². The van der Waals surface area contributed by atoms with Gasteiger partial charge in [-0.2, -0.15) is 0 Å². The Labute approximate surface area is 134 Å². The molecular formula is C14H11BrClFN2O2. The molecule has 0 spiro atoms. The van der Waals surface area contributed by atoms with Crippen LogP contribution in [0.15, 0.2) is 40.9 Å². The first-order valence-corrected chi connectivity index (χ1v) is 7.06. The van der Waals surface area contributed by atoms with Crippen LogP contribution in [-0.4, -0.2) is 5.91 Å². The Morgan fingerprint density at radius 1 is 1.38 bits per heavy atom. The lowest BCUT2D eigenvalue weighted by atomic mass is 10.1. The summed E-state index contributed by atoms with van der Waals surface area (Å²) in [6.07, 6.45) is 0. The van der Waals surface area contributed by atoms with Gasteiger partial charge in [0.2, 0.25) is 0 Å². The van der Waals surface area contributed by atoms with Crippen LogP contribution in [0.3, 0.4) is 0 Å². The van der Waals surface area contributed by atoms with E-state index < -0.39 is 11.7 Å². The molecule has 0 aromatic heterocycles. The van der Waals surface area contributed by atoms with Gasteiger partial charge in [-0.1, -0.05) is 39.7 Å². The van der Waals surface area contributed by atoms with Crippen molar-refractivity contribution >= 4 is 33.4 Å². The second-order valence-electron chi connectivity index (χ2n) is 4.12. The van der Waals surface area contributed by atoms with Gasteiger partial charge in [0.1, 0.15) is 6.61 Å². The molecule has 0 fully saturated rings. The molecule has 0 heterocycles. The molecule has 0 bridgehead atoms. The fraction of sp³-hybridized carbons (Fsp3) is 0.0714. The van der Waals surface area contributed by atoms with Crippen molar-refractivity contribution in [1.82, 2.24) is 5.43 Å². The van der Waals surface area contributed by atoms with Gasteiger partial charge in [0, 0.05) is 15.6 Å². The first-order valence-electron chi connectivity index (χ1n) is 5.89. The van der Waals surface area contributed by atoms with Crippen molar-refractivity contribution in [3.63, 3.8) is 0 Å². The van der Waals surface area contributed by atoms with Crippen LogP contribution in [0.4, 0.5) is 4.39 Å². The Kier molecular flexibility index (Phi) is 5.17. The molecule has 2 rings (SSSR count). The molecule has 4 nitrogen and oxygen atoms in total. The highest BCUT2D eigenvalue weighted by molar-refractivity contribution is 9.10. The number of amides is 1. The Hall–Kier alpha value is -1.63. The minimum Gasteiger partial charge on any atom is -0.484 e. The van der Waals surface area contributed by atoms with Gasteiger partial charge in [-0.3, -0.25) is 10.2 Å². The Morgan fingerprint density at radius 3 is 2.76 bits per heavy atom. The maximum Gasteiger partial charge on any atom is 0.265 e. The molecule has 0 aliphatic heterocycles. The largest absolute Gasteiger partial charge is 0.484 e. The summed E-state index contributed by atoms with van der Waals surface area (Å²) >= 11 is 9.21. The second-order valence-corrected chi connectivity index (χ2v) is 5.38. The molecule has 0 radical (unpaired) electrons.